The monoisotopic (exact) mass is 316 g/mol. The van der Waals surface area contributed by atoms with Crippen LogP contribution in [0.25, 0.3) is 0 Å². The molecule has 1 unspecified atom stereocenters. The lowest BCUT2D eigenvalue weighted by Crippen LogP contribution is -2.55. The van der Waals surface area contributed by atoms with E-state index in [0.29, 0.717) is 12.8 Å². The van der Waals surface area contributed by atoms with Gasteiger partial charge in [0.05, 0.1) is 17.5 Å². The minimum absolute atomic E-state index is 0.0753. The van der Waals surface area contributed by atoms with E-state index in [1.54, 1.807) is 0 Å². The molecule has 0 radical (unpaired) electrons. The summed E-state index contributed by atoms with van der Waals surface area (Å²) in [6.45, 7) is 7.67. The summed E-state index contributed by atoms with van der Waals surface area (Å²) in [5, 5.41) is 2.78. The Kier molecular flexibility index (Phi) is 8.47. The summed E-state index contributed by atoms with van der Waals surface area (Å²) >= 11 is 5.15. The number of amides is 1. The molecule has 0 saturated carbocycles. The maximum atomic E-state index is 12.7. The van der Waals surface area contributed by atoms with Crippen LogP contribution >= 0.6 is 12.2 Å². The number of hydrogen-bond donors (Lipinski definition) is 2. The molecule has 0 aliphatic carbocycles. The Morgan fingerprint density at radius 2 is 1.71 bits per heavy atom. The number of rotatable bonds is 9. The van der Waals surface area contributed by atoms with Crippen LogP contribution in [0.1, 0.15) is 53.4 Å². The first-order valence-electron chi connectivity index (χ1n) is 7.45. The third-order valence-electron chi connectivity index (χ3n) is 3.67. The van der Waals surface area contributed by atoms with Crippen molar-refractivity contribution in [1.29, 1.82) is 0 Å². The first-order chi connectivity index (χ1) is 9.76. The molecule has 5 nitrogen and oxygen atoms in total. The van der Waals surface area contributed by atoms with Gasteiger partial charge in [-0.2, -0.15) is 0 Å². The molecular formula is C15H28N2O3S. The van der Waals surface area contributed by atoms with Crippen molar-refractivity contribution in [2.75, 3.05) is 7.11 Å². The van der Waals surface area contributed by atoms with Crippen molar-refractivity contribution in [2.45, 2.75) is 59.4 Å². The first kappa shape index (κ1) is 19.8. The van der Waals surface area contributed by atoms with Gasteiger partial charge >= 0.3 is 5.97 Å². The molecule has 0 aromatic heterocycles. The lowest BCUT2D eigenvalue weighted by molar-refractivity contribution is -0.147. The predicted molar refractivity (Wildman–Crippen MR) is 87.8 cm³/mol. The average molecular weight is 316 g/mol. The smallest absolute Gasteiger partial charge is 0.328 e. The van der Waals surface area contributed by atoms with Crippen molar-refractivity contribution in [3.05, 3.63) is 0 Å². The van der Waals surface area contributed by atoms with Gasteiger partial charge in [0.1, 0.15) is 6.04 Å². The zero-order valence-corrected chi connectivity index (χ0v) is 14.5. The third-order valence-corrected chi connectivity index (χ3v) is 4.06. The Labute approximate surface area is 133 Å². The highest BCUT2D eigenvalue weighted by Crippen LogP contribution is 2.31. The number of ether oxygens (including phenoxy) is 1. The van der Waals surface area contributed by atoms with Crippen LogP contribution in [0.3, 0.4) is 0 Å². The van der Waals surface area contributed by atoms with Crippen molar-refractivity contribution < 1.29 is 14.3 Å². The Hall–Kier alpha value is -1.17. The van der Waals surface area contributed by atoms with Gasteiger partial charge in [-0.05, 0) is 18.8 Å². The minimum atomic E-state index is -0.889. The van der Waals surface area contributed by atoms with E-state index in [4.69, 9.17) is 22.7 Å². The zero-order valence-electron chi connectivity index (χ0n) is 13.7. The van der Waals surface area contributed by atoms with Crippen LogP contribution in [-0.2, 0) is 14.3 Å². The van der Waals surface area contributed by atoms with Crippen LogP contribution in [-0.4, -0.2) is 30.0 Å². The summed E-state index contributed by atoms with van der Waals surface area (Å²) in [7, 11) is 1.31. The van der Waals surface area contributed by atoms with Crippen molar-refractivity contribution in [3.8, 4) is 0 Å². The predicted octanol–water partition coefficient (Wildman–Crippen LogP) is 2.17. The van der Waals surface area contributed by atoms with Crippen molar-refractivity contribution in [1.82, 2.24) is 5.32 Å². The molecule has 0 spiro atoms. The summed E-state index contributed by atoms with van der Waals surface area (Å²) in [5.41, 5.74) is 4.97. The molecular weight excluding hydrogens is 288 g/mol. The van der Waals surface area contributed by atoms with E-state index in [9.17, 15) is 9.59 Å². The number of nitrogens with one attached hydrogen (secondary N) is 1. The van der Waals surface area contributed by atoms with Crippen LogP contribution in [0, 0.1) is 11.3 Å². The second-order valence-corrected chi connectivity index (χ2v) is 6.10. The van der Waals surface area contributed by atoms with E-state index in [1.165, 1.54) is 7.11 Å². The lowest BCUT2D eigenvalue weighted by atomic mass is 9.77. The van der Waals surface area contributed by atoms with Gasteiger partial charge in [-0.3, -0.25) is 4.79 Å². The quantitative estimate of drug-likeness (QED) is 0.503. The van der Waals surface area contributed by atoms with Gasteiger partial charge in [0, 0.05) is 0 Å². The van der Waals surface area contributed by atoms with Gasteiger partial charge < -0.3 is 15.8 Å². The summed E-state index contributed by atoms with van der Waals surface area (Å²) in [4.78, 5) is 24.7. The van der Waals surface area contributed by atoms with E-state index < -0.39 is 17.4 Å². The molecule has 6 heteroatoms. The van der Waals surface area contributed by atoms with Crippen molar-refractivity contribution in [3.63, 3.8) is 0 Å². The zero-order chi connectivity index (χ0) is 16.6. The highest BCUT2D eigenvalue weighted by atomic mass is 32.1. The molecule has 0 aromatic carbocycles. The fourth-order valence-corrected chi connectivity index (χ4v) is 2.76. The molecule has 0 aliphatic rings. The highest BCUT2D eigenvalue weighted by Gasteiger charge is 2.41. The number of hydrogen-bond acceptors (Lipinski definition) is 4. The second-order valence-electron chi connectivity index (χ2n) is 5.66. The molecule has 21 heavy (non-hydrogen) atoms. The number of carbonyl (C=O) groups excluding carboxylic acids is 2. The van der Waals surface area contributed by atoms with E-state index in [-0.39, 0.29) is 16.8 Å². The van der Waals surface area contributed by atoms with Crippen molar-refractivity contribution in [2.24, 2.45) is 17.1 Å². The summed E-state index contributed by atoms with van der Waals surface area (Å²) in [5.74, 6) is -0.806. The van der Waals surface area contributed by atoms with Crippen molar-refractivity contribution >= 4 is 29.1 Å². The summed E-state index contributed by atoms with van der Waals surface area (Å²) < 4.78 is 4.75. The Bertz CT molecular complexity index is 377. The summed E-state index contributed by atoms with van der Waals surface area (Å²) in [6, 6.07) is -0.690. The topological polar surface area (TPSA) is 81.4 Å². The third kappa shape index (κ3) is 4.95. The highest BCUT2D eigenvalue weighted by molar-refractivity contribution is 7.80. The van der Waals surface area contributed by atoms with Crippen LogP contribution in [0.15, 0.2) is 0 Å². The molecule has 0 fully saturated rings. The van der Waals surface area contributed by atoms with Gasteiger partial charge in [0.25, 0.3) is 0 Å². The van der Waals surface area contributed by atoms with E-state index >= 15 is 0 Å². The fraction of sp³-hybridized carbons (Fsp3) is 0.800. The first-order valence-corrected chi connectivity index (χ1v) is 7.86. The van der Waals surface area contributed by atoms with Gasteiger partial charge in [-0.15, -0.1) is 0 Å². The number of carbonyl (C=O) groups is 2. The number of esters is 1. The van der Waals surface area contributed by atoms with Gasteiger partial charge in [0.15, 0.2) is 0 Å². The van der Waals surface area contributed by atoms with Crippen LogP contribution < -0.4 is 11.1 Å². The average Bonchev–Trinajstić information content (AvgIpc) is 2.42. The standard InChI is InChI=1S/C15H28N2O3S/c1-6-8-15(9-7-2,13(16)21)14(19)17-11(10(3)4)12(18)20-5/h10-11H,6-9H2,1-5H3,(H2,16,21)(H,17,19). The Morgan fingerprint density at radius 3 is 2.00 bits per heavy atom. The molecule has 122 valence electrons. The molecule has 1 atom stereocenters. The maximum absolute atomic E-state index is 12.7. The SMILES string of the molecule is CCCC(CCC)(C(=O)NC(C(=O)OC)C(C)C)C(N)=S. The van der Waals surface area contributed by atoms with Gasteiger partial charge in [-0.25, -0.2) is 4.79 Å². The Morgan fingerprint density at radius 1 is 1.24 bits per heavy atom. The van der Waals surface area contributed by atoms with E-state index in [0.717, 1.165) is 12.8 Å². The summed E-state index contributed by atoms with van der Waals surface area (Å²) in [6.07, 6.45) is 2.73. The van der Waals surface area contributed by atoms with Crippen LogP contribution in [0.4, 0.5) is 0 Å². The minimum Gasteiger partial charge on any atom is -0.467 e. The van der Waals surface area contributed by atoms with Crippen LogP contribution in [0.5, 0.6) is 0 Å². The normalized spacial score (nSPS) is 12.9. The largest absolute Gasteiger partial charge is 0.467 e. The molecule has 0 bridgehead atoms. The van der Waals surface area contributed by atoms with E-state index in [2.05, 4.69) is 5.32 Å². The maximum Gasteiger partial charge on any atom is 0.328 e. The molecule has 0 aromatic rings. The number of thiocarbonyl (C=S) groups is 1. The fourth-order valence-electron chi connectivity index (χ4n) is 2.47. The Balaban J connectivity index is 5.37. The molecule has 0 saturated heterocycles. The molecule has 0 heterocycles. The number of nitrogens with two attached hydrogens (primary N) is 1. The molecule has 0 rings (SSSR count). The van der Waals surface area contributed by atoms with Gasteiger partial charge in [0.2, 0.25) is 5.91 Å². The molecule has 3 N–H and O–H groups in total. The van der Waals surface area contributed by atoms with Gasteiger partial charge in [-0.1, -0.05) is 52.8 Å². The van der Waals surface area contributed by atoms with Crippen LogP contribution in [0.2, 0.25) is 0 Å². The molecule has 1 amide bonds. The number of methoxy groups -OCH3 is 1. The van der Waals surface area contributed by atoms with E-state index in [1.807, 2.05) is 27.7 Å². The second kappa shape index (κ2) is 8.97. The molecule has 0 aliphatic heterocycles. The lowest BCUT2D eigenvalue weighted by Gasteiger charge is -2.33.